The smallest absolute Gasteiger partial charge is 0.335 e. The molecule has 1 atom stereocenters. The van der Waals surface area contributed by atoms with E-state index >= 15 is 0 Å². The number of carboxylic acids is 1. The molecule has 0 aliphatic carbocycles. The van der Waals surface area contributed by atoms with Gasteiger partial charge in [0.05, 0.1) is 17.2 Å². The van der Waals surface area contributed by atoms with Crippen LogP contribution in [0.15, 0.2) is 65.9 Å². The number of hydrogen-bond acceptors (Lipinski definition) is 4. The summed E-state index contributed by atoms with van der Waals surface area (Å²) in [4.78, 5) is 36.9. The van der Waals surface area contributed by atoms with E-state index in [4.69, 9.17) is 5.11 Å². The Bertz CT molecular complexity index is 884. The van der Waals surface area contributed by atoms with E-state index in [-0.39, 0.29) is 11.1 Å². The van der Waals surface area contributed by atoms with E-state index in [1.165, 1.54) is 36.1 Å². The summed E-state index contributed by atoms with van der Waals surface area (Å²) >= 11 is 0. The number of anilines is 1. The largest absolute Gasteiger partial charge is 0.503 e. The fourth-order valence-electron chi connectivity index (χ4n) is 2.95. The Labute approximate surface area is 143 Å². The summed E-state index contributed by atoms with van der Waals surface area (Å²) in [5, 5.41) is 19.2. The van der Waals surface area contributed by atoms with Gasteiger partial charge in [-0.05, 0) is 36.8 Å². The van der Waals surface area contributed by atoms with E-state index in [0.29, 0.717) is 11.3 Å². The lowest BCUT2D eigenvalue weighted by atomic mass is 9.96. The first-order chi connectivity index (χ1) is 11.9. The number of ketones is 1. The molecular formula is C19H15NO5. The molecule has 1 amide bonds. The minimum absolute atomic E-state index is 0.0264. The molecule has 0 radical (unpaired) electrons. The van der Waals surface area contributed by atoms with Crippen LogP contribution in [0, 0.1) is 0 Å². The third-order valence-electron chi connectivity index (χ3n) is 4.10. The van der Waals surface area contributed by atoms with Crippen molar-refractivity contribution in [1.29, 1.82) is 0 Å². The van der Waals surface area contributed by atoms with Crippen LogP contribution >= 0.6 is 0 Å². The van der Waals surface area contributed by atoms with E-state index in [1.807, 2.05) is 6.07 Å². The van der Waals surface area contributed by atoms with Crippen molar-refractivity contribution < 1.29 is 24.6 Å². The molecule has 0 fully saturated rings. The van der Waals surface area contributed by atoms with Crippen LogP contribution in [0.1, 0.15) is 28.9 Å². The number of aliphatic hydroxyl groups is 1. The van der Waals surface area contributed by atoms with Crippen molar-refractivity contribution in [3.05, 3.63) is 77.1 Å². The molecule has 2 aromatic carbocycles. The van der Waals surface area contributed by atoms with Gasteiger partial charge in [0.15, 0.2) is 11.5 Å². The van der Waals surface area contributed by atoms with Crippen LogP contribution in [-0.4, -0.2) is 27.9 Å². The lowest BCUT2D eigenvalue weighted by molar-refractivity contribution is -0.117. The number of aliphatic hydroxyl groups excluding tert-OH is 1. The molecule has 1 heterocycles. The minimum atomic E-state index is -1.08. The quantitative estimate of drug-likeness (QED) is 0.894. The zero-order chi connectivity index (χ0) is 18.1. The molecule has 2 aromatic rings. The van der Waals surface area contributed by atoms with Gasteiger partial charge in [-0.3, -0.25) is 14.5 Å². The summed E-state index contributed by atoms with van der Waals surface area (Å²) in [6, 6.07) is 13.8. The molecule has 0 saturated carbocycles. The molecule has 0 unspecified atom stereocenters. The molecule has 0 aromatic heterocycles. The van der Waals surface area contributed by atoms with Crippen molar-refractivity contribution >= 4 is 23.3 Å². The normalized spacial score (nSPS) is 17.1. The van der Waals surface area contributed by atoms with E-state index in [2.05, 4.69) is 0 Å². The zero-order valence-electron chi connectivity index (χ0n) is 13.3. The van der Waals surface area contributed by atoms with Crippen LogP contribution < -0.4 is 4.90 Å². The third-order valence-corrected chi connectivity index (χ3v) is 4.10. The summed E-state index contributed by atoms with van der Waals surface area (Å²) in [7, 11) is 0. The highest BCUT2D eigenvalue weighted by atomic mass is 16.4. The predicted octanol–water partition coefficient (Wildman–Crippen LogP) is 2.87. The first kappa shape index (κ1) is 16.4. The Hall–Kier alpha value is -3.41. The molecule has 0 bridgehead atoms. The Morgan fingerprint density at radius 2 is 1.60 bits per heavy atom. The van der Waals surface area contributed by atoms with E-state index in [0.717, 1.165) is 0 Å². The monoisotopic (exact) mass is 337 g/mol. The maximum absolute atomic E-state index is 12.6. The topological polar surface area (TPSA) is 94.9 Å². The van der Waals surface area contributed by atoms with Crippen LogP contribution in [-0.2, 0) is 9.59 Å². The highest BCUT2D eigenvalue weighted by Gasteiger charge is 2.43. The van der Waals surface area contributed by atoms with Gasteiger partial charge < -0.3 is 10.2 Å². The van der Waals surface area contributed by atoms with Crippen LogP contribution in [0.2, 0.25) is 0 Å². The van der Waals surface area contributed by atoms with Crippen LogP contribution in [0.5, 0.6) is 0 Å². The van der Waals surface area contributed by atoms with Crippen molar-refractivity contribution in [1.82, 2.24) is 0 Å². The molecule has 126 valence electrons. The fourth-order valence-corrected chi connectivity index (χ4v) is 2.95. The number of Topliss-reactive ketones (excluding diaryl/α,β-unsaturated/α-hetero) is 1. The number of amides is 1. The first-order valence-electron chi connectivity index (χ1n) is 7.57. The Balaban J connectivity index is 2.12. The minimum Gasteiger partial charge on any atom is -0.503 e. The van der Waals surface area contributed by atoms with Gasteiger partial charge in [0.25, 0.3) is 5.91 Å². The maximum atomic E-state index is 12.6. The zero-order valence-corrected chi connectivity index (χ0v) is 13.3. The van der Waals surface area contributed by atoms with Gasteiger partial charge in [-0.2, -0.15) is 0 Å². The van der Waals surface area contributed by atoms with Crippen LogP contribution in [0.3, 0.4) is 0 Å². The first-order valence-corrected chi connectivity index (χ1v) is 7.57. The Kier molecular flexibility index (Phi) is 4.10. The molecule has 1 aliphatic rings. The van der Waals surface area contributed by atoms with Crippen molar-refractivity contribution in [2.24, 2.45) is 0 Å². The van der Waals surface area contributed by atoms with Crippen molar-refractivity contribution in [2.75, 3.05) is 4.90 Å². The van der Waals surface area contributed by atoms with Crippen LogP contribution in [0.25, 0.3) is 0 Å². The number of benzene rings is 2. The Morgan fingerprint density at radius 1 is 1.00 bits per heavy atom. The van der Waals surface area contributed by atoms with Crippen LogP contribution in [0.4, 0.5) is 5.69 Å². The number of aromatic carboxylic acids is 1. The predicted molar refractivity (Wildman–Crippen MR) is 90.4 cm³/mol. The van der Waals surface area contributed by atoms with Crippen molar-refractivity contribution in [3.8, 4) is 0 Å². The number of nitrogens with zero attached hydrogens (tertiary/aromatic N) is 1. The summed E-state index contributed by atoms with van der Waals surface area (Å²) in [5.74, 6) is -2.75. The van der Waals surface area contributed by atoms with E-state index < -0.39 is 29.5 Å². The summed E-state index contributed by atoms with van der Waals surface area (Å²) in [5.41, 5.74) is 1.17. The number of carbonyl (C=O) groups is 3. The molecular weight excluding hydrogens is 322 g/mol. The number of carbonyl (C=O) groups excluding carboxylic acids is 2. The summed E-state index contributed by atoms with van der Waals surface area (Å²) in [6.07, 6.45) is 0. The van der Waals surface area contributed by atoms with Crippen molar-refractivity contribution in [3.63, 3.8) is 0 Å². The SMILES string of the molecule is CC(=O)C1=C(O)C(=O)N(c2ccc(C(=O)O)cc2)[C@@H]1c1ccccc1. The average Bonchev–Trinajstić information content (AvgIpc) is 2.87. The molecule has 6 nitrogen and oxygen atoms in total. The molecule has 0 saturated heterocycles. The molecule has 2 N–H and O–H groups in total. The highest BCUT2D eigenvalue weighted by Crippen LogP contribution is 2.40. The van der Waals surface area contributed by atoms with Gasteiger partial charge in [-0.15, -0.1) is 0 Å². The fraction of sp³-hybridized carbons (Fsp3) is 0.105. The molecule has 6 heteroatoms. The molecule has 3 rings (SSSR count). The highest BCUT2D eigenvalue weighted by molar-refractivity contribution is 6.16. The Morgan fingerprint density at radius 3 is 2.12 bits per heavy atom. The van der Waals surface area contributed by atoms with Gasteiger partial charge in [-0.25, -0.2) is 4.79 Å². The average molecular weight is 337 g/mol. The summed E-state index contributed by atoms with van der Waals surface area (Å²) in [6.45, 7) is 1.30. The number of rotatable bonds is 4. The standard InChI is InChI=1S/C19H15NO5/c1-11(21)15-16(12-5-3-2-4-6-12)20(18(23)17(15)22)14-9-7-13(8-10-14)19(24)25/h2-10,16,22H,1H3,(H,24,25)/t16-/m1/s1. The lowest BCUT2D eigenvalue weighted by Gasteiger charge is -2.26. The van der Waals surface area contributed by atoms with Crippen molar-refractivity contribution in [2.45, 2.75) is 13.0 Å². The molecule has 25 heavy (non-hydrogen) atoms. The van der Waals surface area contributed by atoms with Gasteiger partial charge >= 0.3 is 5.97 Å². The van der Waals surface area contributed by atoms with Gasteiger partial charge in [0.1, 0.15) is 0 Å². The second-order valence-corrected chi connectivity index (χ2v) is 5.66. The number of hydrogen-bond donors (Lipinski definition) is 2. The number of carboxylic acid groups (broad SMARTS) is 1. The second-order valence-electron chi connectivity index (χ2n) is 5.66. The summed E-state index contributed by atoms with van der Waals surface area (Å²) < 4.78 is 0. The van der Waals surface area contributed by atoms with Gasteiger partial charge in [0, 0.05) is 5.69 Å². The molecule has 1 aliphatic heterocycles. The van der Waals surface area contributed by atoms with E-state index in [1.54, 1.807) is 24.3 Å². The van der Waals surface area contributed by atoms with Gasteiger partial charge in [-0.1, -0.05) is 30.3 Å². The molecule has 0 spiro atoms. The van der Waals surface area contributed by atoms with Gasteiger partial charge in [0.2, 0.25) is 0 Å². The third kappa shape index (κ3) is 2.78. The lowest BCUT2D eigenvalue weighted by Crippen LogP contribution is -2.30. The second kappa shape index (κ2) is 6.24. The van der Waals surface area contributed by atoms with E-state index in [9.17, 15) is 19.5 Å². The maximum Gasteiger partial charge on any atom is 0.335 e.